The maximum Gasteiger partial charge on any atom is 0.220 e. The van der Waals surface area contributed by atoms with E-state index < -0.39 is 5.60 Å². The van der Waals surface area contributed by atoms with E-state index in [1.54, 1.807) is 18.7 Å². The third-order valence-corrected chi connectivity index (χ3v) is 4.30. The van der Waals surface area contributed by atoms with Crippen LogP contribution in [0.2, 0.25) is 0 Å². The maximum atomic E-state index is 11.9. The standard InChI is InChI=1S/C17H23N5O2/c23-16(5-3-9-21-11-8-18-14-21)20-12-17(24)6-10-22(13-17)15-4-1-2-7-19-15/h1-2,4,7-8,11,14,24H,3,5-6,9-10,12-13H2,(H,20,23)/t17-/m1/s1. The lowest BCUT2D eigenvalue weighted by atomic mass is 10.0. The molecular weight excluding hydrogens is 306 g/mol. The first-order valence-corrected chi connectivity index (χ1v) is 8.25. The van der Waals surface area contributed by atoms with Gasteiger partial charge in [-0.25, -0.2) is 9.97 Å². The van der Waals surface area contributed by atoms with Gasteiger partial charge in [-0.15, -0.1) is 0 Å². The van der Waals surface area contributed by atoms with Crippen molar-refractivity contribution in [2.45, 2.75) is 31.4 Å². The summed E-state index contributed by atoms with van der Waals surface area (Å²) in [6.07, 6.45) is 8.91. The zero-order chi connectivity index (χ0) is 16.8. The Balaban J connectivity index is 1.40. The summed E-state index contributed by atoms with van der Waals surface area (Å²) < 4.78 is 1.95. The molecule has 1 aliphatic rings. The Kier molecular flexibility index (Phi) is 5.10. The van der Waals surface area contributed by atoms with Gasteiger partial charge in [0.05, 0.1) is 6.33 Å². The topological polar surface area (TPSA) is 83.3 Å². The number of pyridine rings is 1. The van der Waals surface area contributed by atoms with E-state index >= 15 is 0 Å². The summed E-state index contributed by atoms with van der Waals surface area (Å²) in [5.41, 5.74) is -0.891. The van der Waals surface area contributed by atoms with Crippen molar-refractivity contribution < 1.29 is 9.90 Å². The van der Waals surface area contributed by atoms with E-state index in [0.717, 1.165) is 25.3 Å². The zero-order valence-electron chi connectivity index (χ0n) is 13.6. The molecule has 2 aromatic heterocycles. The first-order chi connectivity index (χ1) is 11.6. The minimum absolute atomic E-state index is 0.0279. The summed E-state index contributed by atoms with van der Waals surface area (Å²) in [6.45, 7) is 2.27. The van der Waals surface area contributed by atoms with Crippen LogP contribution in [0.15, 0.2) is 43.1 Å². The second-order valence-electron chi connectivity index (χ2n) is 6.26. The molecule has 1 amide bonds. The van der Waals surface area contributed by atoms with Crippen molar-refractivity contribution in [1.29, 1.82) is 0 Å². The number of anilines is 1. The number of aryl methyl sites for hydroxylation is 1. The molecule has 128 valence electrons. The van der Waals surface area contributed by atoms with E-state index in [2.05, 4.69) is 15.3 Å². The molecule has 7 heteroatoms. The highest BCUT2D eigenvalue weighted by Crippen LogP contribution is 2.24. The largest absolute Gasteiger partial charge is 0.386 e. The Hall–Kier alpha value is -2.41. The highest BCUT2D eigenvalue weighted by molar-refractivity contribution is 5.75. The van der Waals surface area contributed by atoms with Gasteiger partial charge in [-0.1, -0.05) is 6.07 Å². The van der Waals surface area contributed by atoms with Crippen molar-refractivity contribution >= 4 is 11.7 Å². The van der Waals surface area contributed by atoms with Crippen LogP contribution in [0.4, 0.5) is 5.82 Å². The third-order valence-electron chi connectivity index (χ3n) is 4.30. The quantitative estimate of drug-likeness (QED) is 0.786. The Labute approximate surface area is 141 Å². The fourth-order valence-corrected chi connectivity index (χ4v) is 2.93. The van der Waals surface area contributed by atoms with Gasteiger partial charge < -0.3 is 19.9 Å². The first kappa shape index (κ1) is 16.4. The van der Waals surface area contributed by atoms with Gasteiger partial charge in [0.15, 0.2) is 0 Å². The fraction of sp³-hybridized carbons (Fsp3) is 0.471. The molecule has 0 saturated carbocycles. The van der Waals surface area contributed by atoms with Gasteiger partial charge in [-0.05, 0) is 25.0 Å². The Morgan fingerprint density at radius 1 is 1.38 bits per heavy atom. The Morgan fingerprint density at radius 3 is 3.04 bits per heavy atom. The summed E-state index contributed by atoms with van der Waals surface area (Å²) in [5.74, 6) is 0.833. The van der Waals surface area contributed by atoms with E-state index in [9.17, 15) is 9.90 Å². The van der Waals surface area contributed by atoms with Crippen molar-refractivity contribution in [1.82, 2.24) is 19.9 Å². The molecule has 0 aliphatic carbocycles. The number of hydrogen-bond donors (Lipinski definition) is 2. The number of amides is 1. The van der Waals surface area contributed by atoms with E-state index in [1.807, 2.05) is 33.9 Å². The maximum absolute atomic E-state index is 11.9. The predicted octanol–water partition coefficient (Wildman–Crippen LogP) is 0.816. The number of nitrogens with one attached hydrogen (secondary N) is 1. The second-order valence-corrected chi connectivity index (χ2v) is 6.26. The van der Waals surface area contributed by atoms with Crippen molar-refractivity contribution in [2.24, 2.45) is 0 Å². The third kappa shape index (κ3) is 4.32. The summed E-state index contributed by atoms with van der Waals surface area (Å²) in [4.78, 5) is 22.3. The summed E-state index contributed by atoms with van der Waals surface area (Å²) in [5, 5.41) is 13.5. The zero-order valence-corrected chi connectivity index (χ0v) is 13.6. The van der Waals surface area contributed by atoms with E-state index in [-0.39, 0.29) is 12.5 Å². The monoisotopic (exact) mass is 329 g/mol. The van der Waals surface area contributed by atoms with Gasteiger partial charge in [0.1, 0.15) is 11.4 Å². The number of carbonyl (C=O) groups is 1. The molecule has 1 atom stereocenters. The number of nitrogens with zero attached hydrogens (tertiary/aromatic N) is 4. The number of hydrogen-bond acceptors (Lipinski definition) is 5. The van der Waals surface area contributed by atoms with Crippen LogP contribution in [-0.2, 0) is 11.3 Å². The van der Waals surface area contributed by atoms with Crippen LogP contribution in [0, 0.1) is 0 Å². The molecule has 1 saturated heterocycles. The first-order valence-electron chi connectivity index (χ1n) is 8.25. The highest BCUT2D eigenvalue weighted by Gasteiger charge is 2.36. The van der Waals surface area contributed by atoms with Crippen LogP contribution < -0.4 is 10.2 Å². The van der Waals surface area contributed by atoms with E-state index in [4.69, 9.17) is 0 Å². The summed E-state index contributed by atoms with van der Waals surface area (Å²) in [6, 6.07) is 5.73. The van der Waals surface area contributed by atoms with Gasteiger partial charge in [-0.3, -0.25) is 4.79 Å². The second kappa shape index (κ2) is 7.44. The van der Waals surface area contributed by atoms with Gasteiger partial charge in [0.2, 0.25) is 5.91 Å². The molecule has 0 radical (unpaired) electrons. The van der Waals surface area contributed by atoms with Crippen LogP contribution >= 0.6 is 0 Å². The number of rotatable bonds is 7. The molecule has 2 aromatic rings. The summed E-state index contributed by atoms with van der Waals surface area (Å²) in [7, 11) is 0. The molecule has 3 rings (SSSR count). The smallest absolute Gasteiger partial charge is 0.220 e. The molecule has 0 bridgehead atoms. The van der Waals surface area contributed by atoms with Gasteiger partial charge >= 0.3 is 0 Å². The van der Waals surface area contributed by atoms with Crippen molar-refractivity contribution in [2.75, 3.05) is 24.5 Å². The molecule has 3 heterocycles. The van der Waals surface area contributed by atoms with Gasteiger partial charge in [0, 0.05) is 51.2 Å². The predicted molar refractivity (Wildman–Crippen MR) is 90.5 cm³/mol. The SMILES string of the molecule is O=C(CCCn1ccnc1)NC[C@]1(O)CCN(c2ccccn2)C1. The van der Waals surface area contributed by atoms with Crippen LogP contribution in [-0.4, -0.2) is 50.8 Å². The minimum Gasteiger partial charge on any atom is -0.386 e. The van der Waals surface area contributed by atoms with Crippen LogP contribution in [0.25, 0.3) is 0 Å². The van der Waals surface area contributed by atoms with Crippen LogP contribution in [0.1, 0.15) is 19.3 Å². The highest BCUT2D eigenvalue weighted by atomic mass is 16.3. The number of aliphatic hydroxyl groups is 1. The lowest BCUT2D eigenvalue weighted by Crippen LogP contribution is -2.45. The molecular formula is C17H23N5O2. The molecule has 7 nitrogen and oxygen atoms in total. The number of carbonyl (C=O) groups excluding carboxylic acids is 1. The van der Waals surface area contributed by atoms with Gasteiger partial charge in [0.25, 0.3) is 0 Å². The summed E-state index contributed by atoms with van der Waals surface area (Å²) >= 11 is 0. The van der Waals surface area contributed by atoms with Crippen LogP contribution in [0.5, 0.6) is 0 Å². The number of imidazole rings is 1. The van der Waals surface area contributed by atoms with Crippen molar-refractivity contribution in [3.8, 4) is 0 Å². The fourth-order valence-electron chi connectivity index (χ4n) is 2.93. The molecule has 0 spiro atoms. The minimum atomic E-state index is -0.891. The normalized spacial score (nSPS) is 20.3. The average Bonchev–Trinajstić information content (AvgIpc) is 3.24. The van der Waals surface area contributed by atoms with Crippen molar-refractivity contribution in [3.63, 3.8) is 0 Å². The van der Waals surface area contributed by atoms with E-state index in [1.165, 1.54) is 0 Å². The molecule has 1 fully saturated rings. The molecule has 0 unspecified atom stereocenters. The van der Waals surface area contributed by atoms with Gasteiger partial charge in [-0.2, -0.15) is 0 Å². The lowest BCUT2D eigenvalue weighted by Gasteiger charge is -2.24. The average molecular weight is 329 g/mol. The Morgan fingerprint density at radius 2 is 2.29 bits per heavy atom. The van der Waals surface area contributed by atoms with Crippen molar-refractivity contribution in [3.05, 3.63) is 43.1 Å². The number of aromatic nitrogens is 3. The lowest BCUT2D eigenvalue weighted by molar-refractivity contribution is -0.122. The Bertz CT molecular complexity index is 646. The molecule has 24 heavy (non-hydrogen) atoms. The van der Waals surface area contributed by atoms with Crippen LogP contribution in [0.3, 0.4) is 0 Å². The molecule has 0 aromatic carbocycles. The molecule has 2 N–H and O–H groups in total. The van der Waals surface area contributed by atoms with E-state index in [0.29, 0.717) is 19.4 Å². The number of β-amino-alcohol motifs (C(OH)–C–C–N with tert-alkyl or cyclic N) is 1. The molecule has 1 aliphatic heterocycles.